The van der Waals surface area contributed by atoms with Crippen LogP contribution in [0.5, 0.6) is 5.75 Å². The van der Waals surface area contributed by atoms with Crippen LogP contribution in [0.2, 0.25) is 0 Å². The molecule has 1 heterocycles. The largest absolute Gasteiger partial charge is 0.496 e. The molecule has 1 fully saturated rings. The van der Waals surface area contributed by atoms with Gasteiger partial charge in [-0.2, -0.15) is 0 Å². The smallest absolute Gasteiger partial charge is 0.123 e. The molecule has 0 amide bonds. The zero-order valence-electron chi connectivity index (χ0n) is 12.7. The number of benzene rings is 1. The molecule has 0 saturated carbocycles. The molecule has 2 rings (SSSR count). The molecular formula is C16H25BrN2O. The normalized spacial score (nSPS) is 19.0. The van der Waals surface area contributed by atoms with Crippen molar-refractivity contribution in [1.82, 2.24) is 10.2 Å². The van der Waals surface area contributed by atoms with Gasteiger partial charge in [0.2, 0.25) is 0 Å². The van der Waals surface area contributed by atoms with E-state index in [1.165, 1.54) is 18.4 Å². The summed E-state index contributed by atoms with van der Waals surface area (Å²) in [6.45, 7) is 7.72. The number of nitrogens with one attached hydrogen (secondary N) is 1. The third-order valence-electron chi connectivity index (χ3n) is 3.96. The second kappa shape index (κ2) is 7.43. The van der Waals surface area contributed by atoms with E-state index >= 15 is 0 Å². The summed E-state index contributed by atoms with van der Waals surface area (Å²) in [4.78, 5) is 2.52. The van der Waals surface area contributed by atoms with Crippen LogP contribution in [0, 0.1) is 0 Å². The Morgan fingerprint density at radius 1 is 1.45 bits per heavy atom. The standard InChI is InChI=1S/C16H25BrN2O/c1-12(2)19(11-15-5-4-8-18-15)10-13-9-14(17)6-7-16(13)20-3/h6-7,9,12,15,18H,4-5,8,10-11H2,1-3H3. The molecule has 1 atom stereocenters. The fourth-order valence-electron chi connectivity index (χ4n) is 2.74. The van der Waals surface area contributed by atoms with Crippen LogP contribution in [0.4, 0.5) is 0 Å². The number of rotatable bonds is 6. The van der Waals surface area contributed by atoms with Crippen molar-refractivity contribution in [3.05, 3.63) is 28.2 Å². The van der Waals surface area contributed by atoms with Crippen LogP contribution in [0.1, 0.15) is 32.3 Å². The lowest BCUT2D eigenvalue weighted by Crippen LogP contribution is -2.40. The van der Waals surface area contributed by atoms with Gasteiger partial charge in [-0.1, -0.05) is 15.9 Å². The van der Waals surface area contributed by atoms with Gasteiger partial charge in [-0.05, 0) is 51.4 Å². The number of halogens is 1. The van der Waals surface area contributed by atoms with Gasteiger partial charge in [-0.25, -0.2) is 0 Å². The van der Waals surface area contributed by atoms with Crippen molar-refractivity contribution in [3.63, 3.8) is 0 Å². The first kappa shape index (κ1) is 15.8. The van der Waals surface area contributed by atoms with E-state index in [1.54, 1.807) is 7.11 Å². The molecular weight excluding hydrogens is 316 g/mol. The van der Waals surface area contributed by atoms with Gasteiger partial charge < -0.3 is 10.1 Å². The maximum atomic E-state index is 5.49. The lowest BCUT2D eigenvalue weighted by atomic mass is 10.1. The highest BCUT2D eigenvalue weighted by Crippen LogP contribution is 2.25. The third-order valence-corrected chi connectivity index (χ3v) is 4.46. The van der Waals surface area contributed by atoms with Crippen molar-refractivity contribution >= 4 is 15.9 Å². The Kier molecular flexibility index (Phi) is 5.87. The van der Waals surface area contributed by atoms with E-state index < -0.39 is 0 Å². The monoisotopic (exact) mass is 340 g/mol. The fraction of sp³-hybridized carbons (Fsp3) is 0.625. The van der Waals surface area contributed by atoms with Crippen molar-refractivity contribution in [1.29, 1.82) is 0 Å². The van der Waals surface area contributed by atoms with Gasteiger partial charge in [0.15, 0.2) is 0 Å². The predicted molar refractivity (Wildman–Crippen MR) is 87.3 cm³/mol. The molecule has 1 aliphatic rings. The van der Waals surface area contributed by atoms with Crippen LogP contribution in [-0.2, 0) is 6.54 Å². The average molecular weight is 341 g/mol. The Bertz CT molecular complexity index is 430. The Hall–Kier alpha value is -0.580. The summed E-state index contributed by atoms with van der Waals surface area (Å²) >= 11 is 3.55. The van der Waals surface area contributed by atoms with Crippen molar-refractivity contribution in [2.24, 2.45) is 0 Å². The topological polar surface area (TPSA) is 24.5 Å². The number of hydrogen-bond acceptors (Lipinski definition) is 3. The molecule has 0 radical (unpaired) electrons. The van der Waals surface area contributed by atoms with Crippen LogP contribution in [0.25, 0.3) is 0 Å². The van der Waals surface area contributed by atoms with Gasteiger partial charge in [0.05, 0.1) is 7.11 Å². The second-order valence-corrected chi connectivity index (χ2v) is 6.69. The zero-order chi connectivity index (χ0) is 14.5. The quantitative estimate of drug-likeness (QED) is 0.858. The van der Waals surface area contributed by atoms with E-state index in [1.807, 2.05) is 12.1 Å². The molecule has 1 saturated heterocycles. The van der Waals surface area contributed by atoms with Gasteiger partial charge in [0.25, 0.3) is 0 Å². The second-order valence-electron chi connectivity index (χ2n) is 5.77. The van der Waals surface area contributed by atoms with Crippen LogP contribution in [0.15, 0.2) is 22.7 Å². The molecule has 4 heteroatoms. The van der Waals surface area contributed by atoms with Crippen molar-refractivity contribution < 1.29 is 4.74 Å². The van der Waals surface area contributed by atoms with Gasteiger partial charge >= 0.3 is 0 Å². The summed E-state index contributed by atoms with van der Waals surface area (Å²) in [7, 11) is 1.74. The molecule has 1 unspecified atom stereocenters. The number of hydrogen-bond donors (Lipinski definition) is 1. The van der Waals surface area contributed by atoms with Crippen LogP contribution < -0.4 is 10.1 Å². The summed E-state index contributed by atoms with van der Waals surface area (Å²) < 4.78 is 6.60. The molecule has 0 aliphatic carbocycles. The molecule has 0 spiro atoms. The summed E-state index contributed by atoms with van der Waals surface area (Å²) in [5.41, 5.74) is 1.24. The van der Waals surface area contributed by atoms with E-state index in [0.29, 0.717) is 12.1 Å². The molecule has 112 valence electrons. The van der Waals surface area contributed by atoms with Gasteiger partial charge in [0.1, 0.15) is 5.75 Å². The summed E-state index contributed by atoms with van der Waals surface area (Å²) in [6.07, 6.45) is 2.59. The number of ether oxygens (including phenoxy) is 1. The summed E-state index contributed by atoms with van der Waals surface area (Å²) in [5, 5.41) is 3.59. The molecule has 0 aromatic heterocycles. The van der Waals surface area contributed by atoms with Gasteiger partial charge in [-0.3, -0.25) is 4.90 Å². The molecule has 1 aliphatic heterocycles. The minimum absolute atomic E-state index is 0.529. The van der Waals surface area contributed by atoms with E-state index in [2.05, 4.69) is 46.1 Å². The fourth-order valence-corrected chi connectivity index (χ4v) is 3.15. The highest BCUT2D eigenvalue weighted by atomic mass is 79.9. The minimum Gasteiger partial charge on any atom is -0.496 e. The third kappa shape index (κ3) is 4.21. The summed E-state index contributed by atoms with van der Waals surface area (Å²) in [6, 6.07) is 7.39. The first-order chi connectivity index (χ1) is 9.60. The molecule has 20 heavy (non-hydrogen) atoms. The van der Waals surface area contributed by atoms with Crippen LogP contribution in [-0.4, -0.2) is 37.2 Å². The minimum atomic E-state index is 0.529. The van der Waals surface area contributed by atoms with Crippen LogP contribution in [0.3, 0.4) is 0 Å². The van der Waals surface area contributed by atoms with E-state index in [-0.39, 0.29) is 0 Å². The molecule has 1 N–H and O–H groups in total. The predicted octanol–water partition coefficient (Wildman–Crippen LogP) is 3.42. The molecule has 0 bridgehead atoms. The van der Waals surface area contributed by atoms with Crippen molar-refractivity contribution in [2.45, 2.75) is 45.3 Å². The van der Waals surface area contributed by atoms with Gasteiger partial charge in [0, 0.05) is 35.2 Å². The molecule has 1 aromatic carbocycles. The molecule has 1 aromatic rings. The number of nitrogens with zero attached hydrogens (tertiary/aromatic N) is 1. The van der Waals surface area contributed by atoms with Crippen molar-refractivity contribution in [2.75, 3.05) is 20.2 Å². The Balaban J connectivity index is 2.08. The average Bonchev–Trinajstić information content (AvgIpc) is 2.91. The first-order valence-corrected chi connectivity index (χ1v) is 8.19. The summed E-state index contributed by atoms with van der Waals surface area (Å²) in [5.74, 6) is 0.971. The highest BCUT2D eigenvalue weighted by molar-refractivity contribution is 9.10. The van der Waals surface area contributed by atoms with Gasteiger partial charge in [-0.15, -0.1) is 0 Å². The van der Waals surface area contributed by atoms with Crippen molar-refractivity contribution in [3.8, 4) is 5.75 Å². The lowest BCUT2D eigenvalue weighted by Gasteiger charge is -2.30. The Morgan fingerprint density at radius 3 is 2.85 bits per heavy atom. The highest BCUT2D eigenvalue weighted by Gasteiger charge is 2.20. The first-order valence-electron chi connectivity index (χ1n) is 7.40. The van der Waals surface area contributed by atoms with Crippen LogP contribution >= 0.6 is 15.9 Å². The Morgan fingerprint density at radius 2 is 2.25 bits per heavy atom. The SMILES string of the molecule is COc1ccc(Br)cc1CN(CC1CCCN1)C(C)C. The maximum Gasteiger partial charge on any atom is 0.123 e. The van der Waals surface area contributed by atoms with E-state index in [0.717, 1.165) is 29.9 Å². The van der Waals surface area contributed by atoms with E-state index in [4.69, 9.17) is 4.74 Å². The zero-order valence-corrected chi connectivity index (χ0v) is 14.2. The Labute approximate surface area is 130 Å². The number of methoxy groups -OCH3 is 1. The molecule has 3 nitrogen and oxygen atoms in total. The lowest BCUT2D eigenvalue weighted by molar-refractivity contribution is 0.192. The van der Waals surface area contributed by atoms with E-state index in [9.17, 15) is 0 Å². The maximum absolute atomic E-state index is 5.49.